The van der Waals surface area contributed by atoms with E-state index in [4.69, 9.17) is 9.68 Å². The van der Waals surface area contributed by atoms with Gasteiger partial charge in [0.25, 0.3) is 43.9 Å². The van der Waals surface area contributed by atoms with Gasteiger partial charge in [-0.25, -0.2) is 9.59 Å². The number of nitrogens with zero attached hydrogens (tertiary/aromatic N) is 6. The average molecular weight is 1050 g/mol. The van der Waals surface area contributed by atoms with Crippen molar-refractivity contribution in [1.82, 2.24) is 10.1 Å². The lowest BCUT2D eigenvalue weighted by atomic mass is 9.97. The van der Waals surface area contributed by atoms with E-state index in [1.54, 1.807) is 12.1 Å². The molecule has 0 unspecified atom stereocenters. The molecule has 22 heteroatoms. The maximum absolute atomic E-state index is 12.5. The molecule has 2 aromatic carbocycles. The molecule has 388 valence electrons. The van der Waals surface area contributed by atoms with Crippen LogP contribution in [0.2, 0.25) is 0 Å². The smallest absolute Gasteiger partial charge is 0.333 e. The Hall–Kier alpha value is -7.40. The highest BCUT2D eigenvalue weighted by Crippen LogP contribution is 2.40. The molecule has 3 aliphatic heterocycles. The lowest BCUT2D eigenvalue weighted by Gasteiger charge is -2.28. The highest BCUT2D eigenvalue weighted by atomic mass is 32.2. The molecule has 2 N–H and O–H groups in total. The molecule has 1 aliphatic carbocycles. The number of unbranched alkanes of at least 4 members (excludes halogenated alkanes) is 4. The molecule has 5 heterocycles. The number of aryl methyl sites for hydroxylation is 1. The monoisotopic (exact) mass is 1050 g/mol. The Morgan fingerprint density at radius 1 is 0.676 bits per heavy atom. The van der Waals surface area contributed by atoms with Gasteiger partial charge >= 0.3 is 11.9 Å². The van der Waals surface area contributed by atoms with Crippen LogP contribution in [0.3, 0.4) is 0 Å². The normalized spacial score (nSPS) is 17.2. The van der Waals surface area contributed by atoms with Gasteiger partial charge in [-0.3, -0.25) is 28.3 Å². The van der Waals surface area contributed by atoms with E-state index < -0.39 is 55.8 Å². The van der Waals surface area contributed by atoms with Crippen LogP contribution in [0.25, 0.3) is 28.2 Å². The quantitative estimate of drug-likeness (QED) is 0.0458. The van der Waals surface area contributed by atoms with Gasteiger partial charge in [0.15, 0.2) is 18.6 Å². The number of imide groups is 2. The lowest BCUT2D eigenvalue weighted by molar-refractivity contribution is -0.671. The van der Waals surface area contributed by atoms with Crippen LogP contribution in [0.15, 0.2) is 112 Å². The third-order valence-corrected chi connectivity index (χ3v) is 14.8. The highest BCUT2D eigenvalue weighted by Gasteiger charge is 2.34. The van der Waals surface area contributed by atoms with Crippen LogP contribution < -0.4 is 18.9 Å². The Morgan fingerprint density at radius 2 is 1.26 bits per heavy atom. The molecular formula is C52H56N6O14S2+2. The first-order valence-electron chi connectivity index (χ1n) is 24.2. The van der Waals surface area contributed by atoms with Gasteiger partial charge < -0.3 is 19.5 Å². The number of amides is 4. The minimum Gasteiger partial charge on any atom is -0.377 e. The number of aromatic nitrogens is 2. The topological polar surface area (TPSA) is 250 Å². The summed E-state index contributed by atoms with van der Waals surface area (Å²) >= 11 is 0. The van der Waals surface area contributed by atoms with E-state index in [2.05, 4.69) is 0 Å². The summed E-state index contributed by atoms with van der Waals surface area (Å²) in [6, 6.07) is 14.6. The fraction of sp³-hybridized carbons (Fsp3) is 0.346. The number of rotatable bonds is 20. The van der Waals surface area contributed by atoms with Crippen LogP contribution in [0, 0.1) is 0 Å². The summed E-state index contributed by atoms with van der Waals surface area (Å²) in [6.07, 6.45) is 17.9. The number of hydrogen-bond donors (Lipinski definition) is 2. The molecule has 2 aromatic heterocycles. The fourth-order valence-electron chi connectivity index (χ4n) is 9.27. The Labute approximate surface area is 427 Å². The van der Waals surface area contributed by atoms with Crippen molar-refractivity contribution in [3.8, 4) is 0 Å². The summed E-state index contributed by atoms with van der Waals surface area (Å²) in [7, 11) is -5.32. The zero-order valence-corrected chi connectivity index (χ0v) is 42.5. The molecule has 0 spiro atoms. The van der Waals surface area contributed by atoms with E-state index in [1.165, 1.54) is 24.3 Å². The first-order chi connectivity index (χ1) is 35.2. The first-order valence-corrected chi connectivity index (χ1v) is 27.1. The second kappa shape index (κ2) is 22.4. The van der Waals surface area contributed by atoms with Gasteiger partial charge in [0, 0.05) is 124 Å². The molecule has 0 bridgehead atoms. The lowest BCUT2D eigenvalue weighted by Crippen LogP contribution is -2.34. The summed E-state index contributed by atoms with van der Waals surface area (Å²) in [4.78, 5) is 85.5. The van der Waals surface area contributed by atoms with E-state index in [-0.39, 0.29) is 48.3 Å². The van der Waals surface area contributed by atoms with Gasteiger partial charge in [-0.1, -0.05) is 6.42 Å². The Balaban J connectivity index is 1.07. The van der Waals surface area contributed by atoms with E-state index in [9.17, 15) is 54.7 Å². The molecule has 0 radical (unpaired) electrons. The van der Waals surface area contributed by atoms with Crippen molar-refractivity contribution in [2.75, 3.05) is 30.4 Å². The highest BCUT2D eigenvalue weighted by molar-refractivity contribution is 7.86. The Morgan fingerprint density at radius 3 is 1.85 bits per heavy atom. The van der Waals surface area contributed by atoms with Crippen LogP contribution in [0.5, 0.6) is 0 Å². The first kappa shape index (κ1) is 52.9. The van der Waals surface area contributed by atoms with Gasteiger partial charge in [0.2, 0.25) is 11.2 Å². The molecule has 74 heavy (non-hydrogen) atoms. The summed E-state index contributed by atoms with van der Waals surface area (Å²) in [6.45, 7) is 0.978. The zero-order chi connectivity index (χ0) is 52.9. The van der Waals surface area contributed by atoms with Gasteiger partial charge in [0.05, 0.1) is 15.2 Å². The summed E-state index contributed by atoms with van der Waals surface area (Å²) < 4.78 is 74.2. The Kier molecular flexibility index (Phi) is 16.0. The maximum atomic E-state index is 12.5. The number of benzene rings is 2. The molecule has 2 fully saturated rings. The fourth-order valence-corrected chi connectivity index (χ4v) is 10.3. The number of hydrogen-bond acceptors (Lipinski definition) is 14. The zero-order valence-electron chi connectivity index (χ0n) is 40.8. The summed E-state index contributed by atoms with van der Waals surface area (Å²) in [5, 5.41) is 1.61. The summed E-state index contributed by atoms with van der Waals surface area (Å²) in [5.41, 5.74) is 6.85. The molecule has 4 aliphatic rings. The van der Waals surface area contributed by atoms with Gasteiger partial charge in [0.1, 0.15) is 6.54 Å². The minimum absolute atomic E-state index is 0.00419. The van der Waals surface area contributed by atoms with E-state index in [0.717, 1.165) is 22.5 Å². The van der Waals surface area contributed by atoms with E-state index in [1.807, 2.05) is 94.2 Å². The SMILES string of the molecule is CN(C)c1cc[n+](C2=C(/C=C3/C=CN(CCCCCC(=O)ON4C(=O)CCC4=O)c4ccc(S(=O)(=O)O)cc43)CC/C2=C\c2cc[n+](CCCCCC(=O)ON3C(=O)CCC3=O)c3ccc(S(=O)(=O)O)cc23)cc1. The number of anilines is 2. The molecule has 0 atom stereocenters. The van der Waals surface area contributed by atoms with Crippen molar-refractivity contribution in [2.24, 2.45) is 0 Å². The van der Waals surface area contributed by atoms with Crippen LogP contribution in [-0.4, -0.2) is 92.3 Å². The number of carbonyl (C=O) groups excluding carboxylic acids is 6. The molecule has 0 saturated carbocycles. The Bertz CT molecular complexity index is 3280. The van der Waals surface area contributed by atoms with Gasteiger partial charge in [-0.05, 0) is 98.2 Å². The second-order valence-corrected chi connectivity index (χ2v) is 21.3. The molecule has 20 nitrogen and oxygen atoms in total. The van der Waals surface area contributed by atoms with Crippen LogP contribution >= 0.6 is 0 Å². The predicted octanol–water partition coefficient (Wildman–Crippen LogP) is 5.82. The maximum Gasteiger partial charge on any atom is 0.333 e. The number of carbonyl (C=O) groups is 6. The minimum atomic E-state index is -4.59. The third kappa shape index (κ3) is 12.3. The van der Waals surface area contributed by atoms with Gasteiger partial charge in [-0.15, -0.1) is 10.1 Å². The number of pyridine rings is 2. The van der Waals surface area contributed by atoms with E-state index in [0.29, 0.717) is 108 Å². The molecular weight excluding hydrogens is 997 g/mol. The third-order valence-electron chi connectivity index (χ3n) is 13.1. The van der Waals surface area contributed by atoms with Crippen molar-refractivity contribution in [2.45, 2.75) is 106 Å². The van der Waals surface area contributed by atoms with Gasteiger partial charge in [-0.2, -0.15) is 26.0 Å². The van der Waals surface area contributed by atoms with Crippen LogP contribution in [0.4, 0.5) is 11.4 Å². The number of hydroxylamine groups is 4. The molecule has 4 aromatic rings. The van der Waals surface area contributed by atoms with Crippen molar-refractivity contribution in [3.05, 3.63) is 114 Å². The second-order valence-electron chi connectivity index (χ2n) is 18.5. The standard InChI is InChI=1S/C52H54N6O14S2/c1-53(2)39-23-29-56(30-24-39)52-37(31-35-21-27-54(44-15-13-40(33-42(35)44)73(65,66)67)25-7-3-5-9-50(63)71-57-46(59)17-18-47(57)60)11-12-38(52)32-36-22-28-55(45-16-14-41(34-43(36)45)74(68,69)70)26-8-4-6-10-51(64)72-58-48(61)19-20-49(58)62/h13-16,21-24,27-34H,3-12,17-20,25-26H2,1-2H3/p+2. The number of fused-ring (bicyclic) bond motifs is 2. The van der Waals surface area contributed by atoms with Crippen molar-refractivity contribution >= 4 is 95.4 Å². The largest absolute Gasteiger partial charge is 0.377 e. The van der Waals surface area contributed by atoms with E-state index >= 15 is 0 Å². The molecule has 2 saturated heterocycles. The van der Waals surface area contributed by atoms with Crippen LogP contribution in [-0.2, 0) is 65.2 Å². The van der Waals surface area contributed by atoms with Crippen molar-refractivity contribution in [1.29, 1.82) is 0 Å². The average Bonchev–Trinajstić information content (AvgIpc) is 4.02. The summed E-state index contributed by atoms with van der Waals surface area (Å²) in [5.74, 6) is -3.54. The van der Waals surface area contributed by atoms with Crippen molar-refractivity contribution < 1.29 is 73.5 Å². The molecule has 4 amide bonds. The van der Waals surface area contributed by atoms with Crippen LogP contribution in [0.1, 0.15) is 101 Å². The predicted molar refractivity (Wildman–Crippen MR) is 267 cm³/mol. The number of allylic oxidation sites excluding steroid dienone is 6. The molecule has 8 rings (SSSR count). The van der Waals surface area contributed by atoms with Crippen molar-refractivity contribution in [3.63, 3.8) is 0 Å².